The van der Waals surface area contributed by atoms with Gasteiger partial charge in [-0.25, -0.2) is 4.39 Å². The average molecular weight is 536 g/mol. The summed E-state index contributed by atoms with van der Waals surface area (Å²) in [7, 11) is 0. The predicted octanol–water partition coefficient (Wildman–Crippen LogP) is 2.77. The lowest BCUT2D eigenvalue weighted by Gasteiger charge is -2.51. The number of likely N-dealkylation sites (tertiary alicyclic amines) is 1. The summed E-state index contributed by atoms with van der Waals surface area (Å²) < 4.78 is 15.2. The van der Waals surface area contributed by atoms with Gasteiger partial charge in [0.25, 0.3) is 5.91 Å². The van der Waals surface area contributed by atoms with E-state index in [1.807, 2.05) is 22.6 Å². The number of hydrogen-bond donors (Lipinski definition) is 4. The Morgan fingerprint density at radius 2 is 1.97 bits per heavy atom. The predicted molar refractivity (Wildman–Crippen MR) is 123 cm³/mol. The minimum Gasteiger partial charge on any atom is -0.385 e. The van der Waals surface area contributed by atoms with E-state index in [1.54, 1.807) is 29.2 Å². The van der Waals surface area contributed by atoms with Gasteiger partial charge in [-0.2, -0.15) is 15.4 Å². The van der Waals surface area contributed by atoms with Crippen LogP contribution in [0.4, 0.5) is 15.8 Å². The SMILES string of the molecule is O=C(c1cc2n[nH]nc2cc1Nc1ccc(I)cc1F)N1CC(O)([C@@H]2CCCCN2)C1. The summed E-state index contributed by atoms with van der Waals surface area (Å²) in [6.07, 6.45) is 3.09. The zero-order valence-corrected chi connectivity index (χ0v) is 18.8. The fourth-order valence-corrected chi connectivity index (χ4v) is 4.82. The van der Waals surface area contributed by atoms with Crippen LogP contribution in [0.2, 0.25) is 0 Å². The third-order valence-electron chi connectivity index (χ3n) is 6.06. The van der Waals surface area contributed by atoms with Crippen molar-refractivity contribution in [3.8, 4) is 0 Å². The molecule has 0 aliphatic carbocycles. The van der Waals surface area contributed by atoms with E-state index in [0.717, 1.165) is 29.4 Å². The van der Waals surface area contributed by atoms with Gasteiger partial charge >= 0.3 is 0 Å². The van der Waals surface area contributed by atoms with Gasteiger partial charge in [0.2, 0.25) is 0 Å². The molecule has 4 N–H and O–H groups in total. The van der Waals surface area contributed by atoms with Gasteiger partial charge < -0.3 is 20.6 Å². The first-order chi connectivity index (χ1) is 14.9. The summed E-state index contributed by atoms with van der Waals surface area (Å²) in [6.45, 7) is 1.41. The second kappa shape index (κ2) is 7.99. The Hall–Kier alpha value is -2.31. The number of β-amino-alcohol motifs (C(OH)–C–C–N with tert-alkyl or cyclic N) is 1. The molecule has 0 saturated carbocycles. The van der Waals surface area contributed by atoms with Gasteiger partial charge in [-0.15, -0.1) is 0 Å². The molecule has 1 aromatic heterocycles. The number of nitrogens with one attached hydrogen (secondary N) is 3. The van der Waals surface area contributed by atoms with E-state index < -0.39 is 11.4 Å². The number of fused-ring (bicyclic) bond motifs is 1. The van der Waals surface area contributed by atoms with Crippen LogP contribution in [0.5, 0.6) is 0 Å². The topological polar surface area (TPSA) is 106 Å². The summed E-state index contributed by atoms with van der Waals surface area (Å²) >= 11 is 2.04. The summed E-state index contributed by atoms with van der Waals surface area (Å²) in [5.41, 5.74) is 1.27. The normalized spacial score (nSPS) is 20.5. The number of carbonyl (C=O) groups is 1. The van der Waals surface area contributed by atoms with Crippen LogP contribution in [0.3, 0.4) is 0 Å². The molecule has 2 saturated heterocycles. The minimum atomic E-state index is -0.913. The smallest absolute Gasteiger partial charge is 0.256 e. The maximum atomic E-state index is 14.4. The number of piperidine rings is 1. The van der Waals surface area contributed by atoms with Crippen molar-refractivity contribution in [3.63, 3.8) is 0 Å². The van der Waals surface area contributed by atoms with Gasteiger partial charge in [-0.05, 0) is 72.3 Å². The number of anilines is 2. The molecule has 5 rings (SSSR count). The molecule has 2 aliphatic rings. The van der Waals surface area contributed by atoms with Gasteiger partial charge in [-0.1, -0.05) is 6.42 Å². The van der Waals surface area contributed by atoms with E-state index in [2.05, 4.69) is 26.0 Å². The van der Waals surface area contributed by atoms with Crippen molar-refractivity contribution in [1.29, 1.82) is 0 Å². The molecule has 0 unspecified atom stereocenters. The second-order valence-electron chi connectivity index (χ2n) is 8.23. The summed E-state index contributed by atoms with van der Waals surface area (Å²) in [6, 6.07) is 8.17. The maximum absolute atomic E-state index is 14.4. The minimum absolute atomic E-state index is 0.00167. The third kappa shape index (κ3) is 3.87. The van der Waals surface area contributed by atoms with Gasteiger partial charge in [-0.3, -0.25) is 4.79 Å². The number of amides is 1. The molecule has 2 fully saturated rings. The van der Waals surface area contributed by atoms with E-state index >= 15 is 0 Å². The van der Waals surface area contributed by atoms with Crippen LogP contribution < -0.4 is 10.6 Å². The lowest BCUT2D eigenvalue weighted by molar-refractivity contribution is -0.108. The largest absolute Gasteiger partial charge is 0.385 e. The fourth-order valence-electron chi connectivity index (χ4n) is 4.36. The zero-order chi connectivity index (χ0) is 21.6. The number of aliphatic hydroxyl groups is 1. The molecule has 0 bridgehead atoms. The first kappa shape index (κ1) is 20.6. The Labute approximate surface area is 191 Å². The molecule has 0 radical (unpaired) electrons. The average Bonchev–Trinajstić information content (AvgIpc) is 3.20. The van der Waals surface area contributed by atoms with Crippen molar-refractivity contribution in [2.75, 3.05) is 25.0 Å². The van der Waals surface area contributed by atoms with Gasteiger partial charge in [0.15, 0.2) is 0 Å². The quantitative estimate of drug-likeness (QED) is 0.383. The number of rotatable bonds is 4. The first-order valence-corrected chi connectivity index (χ1v) is 11.3. The van der Waals surface area contributed by atoms with Crippen LogP contribution in [0.25, 0.3) is 11.0 Å². The highest BCUT2D eigenvalue weighted by molar-refractivity contribution is 14.1. The van der Waals surface area contributed by atoms with Crippen LogP contribution in [0, 0.1) is 9.39 Å². The molecule has 3 heterocycles. The summed E-state index contributed by atoms with van der Waals surface area (Å²) in [5.74, 6) is -0.647. The number of aromatic nitrogens is 3. The molecule has 10 heteroatoms. The highest BCUT2D eigenvalue weighted by atomic mass is 127. The maximum Gasteiger partial charge on any atom is 0.256 e. The molecule has 3 aromatic rings. The highest BCUT2D eigenvalue weighted by Gasteiger charge is 2.49. The number of aromatic amines is 1. The number of hydrogen-bond acceptors (Lipinski definition) is 6. The highest BCUT2D eigenvalue weighted by Crippen LogP contribution is 2.33. The molecule has 1 atom stereocenters. The van der Waals surface area contributed by atoms with Crippen LogP contribution in [0.1, 0.15) is 29.6 Å². The van der Waals surface area contributed by atoms with Crippen LogP contribution in [0.15, 0.2) is 30.3 Å². The van der Waals surface area contributed by atoms with E-state index in [0.29, 0.717) is 22.3 Å². The van der Waals surface area contributed by atoms with Crippen molar-refractivity contribution in [3.05, 3.63) is 45.3 Å². The van der Waals surface area contributed by atoms with E-state index in [-0.39, 0.29) is 30.7 Å². The Kier molecular flexibility index (Phi) is 5.30. The Bertz CT molecular complexity index is 1140. The Morgan fingerprint density at radius 1 is 1.19 bits per heavy atom. The molecular formula is C21H22FIN6O2. The molecule has 0 spiro atoms. The van der Waals surface area contributed by atoms with Gasteiger partial charge in [0.1, 0.15) is 22.5 Å². The number of H-pyrrole nitrogens is 1. The van der Waals surface area contributed by atoms with Crippen LogP contribution >= 0.6 is 22.6 Å². The number of carbonyl (C=O) groups excluding carboxylic acids is 1. The standard InChI is InChI=1S/C21H22FIN6O2/c22-14-7-12(23)4-5-15(14)25-16-9-18-17(26-28-27-18)8-13(16)20(30)29-10-21(31,11-29)19-3-1-2-6-24-19/h4-5,7-9,19,24-25,31H,1-3,6,10-11H2,(H,26,27,28)/t19-/m0/s1. The Morgan fingerprint density at radius 3 is 2.68 bits per heavy atom. The van der Waals surface area contributed by atoms with Crippen molar-refractivity contribution in [2.24, 2.45) is 0 Å². The van der Waals surface area contributed by atoms with Crippen molar-refractivity contribution in [2.45, 2.75) is 30.9 Å². The molecule has 2 aliphatic heterocycles. The molecule has 2 aromatic carbocycles. The van der Waals surface area contributed by atoms with E-state index in [9.17, 15) is 14.3 Å². The number of benzene rings is 2. The van der Waals surface area contributed by atoms with Crippen molar-refractivity contribution >= 4 is 50.9 Å². The summed E-state index contributed by atoms with van der Waals surface area (Å²) in [4.78, 5) is 14.9. The Balaban J connectivity index is 1.42. The molecule has 1 amide bonds. The molecular weight excluding hydrogens is 514 g/mol. The van der Waals surface area contributed by atoms with Crippen molar-refractivity contribution < 1.29 is 14.3 Å². The fraction of sp³-hybridized carbons (Fsp3) is 0.381. The van der Waals surface area contributed by atoms with Gasteiger partial charge in [0.05, 0.1) is 30.0 Å². The number of halogens is 2. The summed E-state index contributed by atoms with van der Waals surface area (Å²) in [5, 5.41) is 28.1. The molecule has 31 heavy (non-hydrogen) atoms. The molecule has 162 valence electrons. The van der Waals surface area contributed by atoms with Crippen LogP contribution in [-0.4, -0.2) is 62.6 Å². The third-order valence-corrected chi connectivity index (χ3v) is 6.73. The number of nitrogens with zero attached hydrogens (tertiary/aromatic N) is 3. The van der Waals surface area contributed by atoms with Crippen LogP contribution in [-0.2, 0) is 0 Å². The van der Waals surface area contributed by atoms with Gasteiger partial charge in [0, 0.05) is 9.61 Å². The van der Waals surface area contributed by atoms with E-state index in [4.69, 9.17) is 0 Å². The lowest BCUT2D eigenvalue weighted by atomic mass is 9.81. The first-order valence-electron chi connectivity index (χ1n) is 10.2. The lowest BCUT2D eigenvalue weighted by Crippen LogP contribution is -2.72. The second-order valence-corrected chi connectivity index (χ2v) is 9.47. The molecule has 8 nitrogen and oxygen atoms in total. The zero-order valence-electron chi connectivity index (χ0n) is 16.7. The van der Waals surface area contributed by atoms with E-state index in [1.165, 1.54) is 6.07 Å². The van der Waals surface area contributed by atoms with Crippen molar-refractivity contribution in [1.82, 2.24) is 25.6 Å². The monoisotopic (exact) mass is 536 g/mol.